The average Bonchev–Trinajstić information content (AvgIpc) is 2.47. The lowest BCUT2D eigenvalue weighted by Gasteiger charge is -2.31. The molecule has 1 aromatic carbocycles. The molecule has 2 rings (SSSR count). The number of ether oxygens (including phenoxy) is 1. The van der Waals surface area contributed by atoms with Crippen molar-refractivity contribution in [2.75, 3.05) is 6.61 Å². The van der Waals surface area contributed by atoms with Crippen LogP contribution < -0.4 is 10.1 Å². The van der Waals surface area contributed by atoms with Gasteiger partial charge in [-0.2, -0.15) is 5.26 Å². The first-order valence-electron chi connectivity index (χ1n) is 6.74. The molecule has 0 aliphatic heterocycles. The van der Waals surface area contributed by atoms with Gasteiger partial charge in [0.25, 0.3) is 5.91 Å². The number of carbonyl (C=O) groups is 1. The second-order valence-corrected chi connectivity index (χ2v) is 5.48. The Bertz CT molecular complexity index is 502. The molecule has 0 unspecified atom stereocenters. The number of carbonyl (C=O) groups excluding carboxylic acids is 1. The molecule has 1 aliphatic carbocycles. The highest BCUT2D eigenvalue weighted by molar-refractivity contribution is 6.30. The second-order valence-electron chi connectivity index (χ2n) is 5.05. The number of amides is 1. The topological polar surface area (TPSA) is 62.1 Å². The fraction of sp³-hybridized carbons (Fsp3) is 0.467. The van der Waals surface area contributed by atoms with Gasteiger partial charge in [-0.05, 0) is 37.1 Å². The summed E-state index contributed by atoms with van der Waals surface area (Å²) in [6, 6.07) is 9.06. The van der Waals surface area contributed by atoms with Gasteiger partial charge in [-0.3, -0.25) is 4.79 Å². The molecule has 1 N–H and O–H groups in total. The zero-order chi connectivity index (χ0) is 14.4. The normalized spacial score (nSPS) is 17.0. The zero-order valence-electron chi connectivity index (χ0n) is 11.2. The third-order valence-electron chi connectivity index (χ3n) is 3.48. The van der Waals surface area contributed by atoms with Crippen molar-refractivity contribution < 1.29 is 9.53 Å². The van der Waals surface area contributed by atoms with Crippen molar-refractivity contribution in [2.45, 2.75) is 37.6 Å². The molecule has 1 saturated carbocycles. The summed E-state index contributed by atoms with van der Waals surface area (Å²) in [7, 11) is 0. The van der Waals surface area contributed by atoms with Crippen molar-refractivity contribution in [3.63, 3.8) is 0 Å². The van der Waals surface area contributed by atoms with Crippen LogP contribution in [0.3, 0.4) is 0 Å². The molecule has 1 aromatic rings. The first-order chi connectivity index (χ1) is 9.63. The lowest BCUT2D eigenvalue weighted by atomic mass is 9.83. The second kappa shape index (κ2) is 6.62. The van der Waals surface area contributed by atoms with E-state index in [1.54, 1.807) is 24.3 Å². The molecule has 0 radical (unpaired) electrons. The number of halogens is 1. The summed E-state index contributed by atoms with van der Waals surface area (Å²) < 4.78 is 5.37. The van der Waals surface area contributed by atoms with E-state index >= 15 is 0 Å². The molecule has 1 amide bonds. The summed E-state index contributed by atoms with van der Waals surface area (Å²) in [5, 5.41) is 12.7. The van der Waals surface area contributed by atoms with Gasteiger partial charge < -0.3 is 10.1 Å². The smallest absolute Gasteiger partial charge is 0.259 e. The quantitative estimate of drug-likeness (QED) is 0.927. The van der Waals surface area contributed by atoms with Crippen LogP contribution >= 0.6 is 11.6 Å². The molecule has 5 heteroatoms. The third kappa shape index (κ3) is 3.88. The van der Waals surface area contributed by atoms with Crippen molar-refractivity contribution in [1.29, 1.82) is 5.26 Å². The minimum absolute atomic E-state index is 0.0922. The molecule has 0 saturated heterocycles. The van der Waals surface area contributed by atoms with E-state index in [1.807, 2.05) is 0 Å². The predicted octanol–water partition coefficient (Wildman–Crippen LogP) is 3.06. The molecule has 0 bridgehead atoms. The van der Waals surface area contributed by atoms with Gasteiger partial charge in [0.1, 0.15) is 11.3 Å². The SMILES string of the molecule is N#CC1(NC(=O)COc2ccc(Cl)cc2)CCCCC1. The Labute approximate surface area is 123 Å². The highest BCUT2D eigenvalue weighted by atomic mass is 35.5. The molecule has 1 aliphatic rings. The number of nitrogens with zero attached hydrogens (tertiary/aromatic N) is 1. The van der Waals surface area contributed by atoms with Crippen LogP contribution in [0.25, 0.3) is 0 Å². The van der Waals surface area contributed by atoms with Crippen LogP contribution in [0.15, 0.2) is 24.3 Å². The van der Waals surface area contributed by atoms with Gasteiger partial charge in [-0.15, -0.1) is 0 Å². The fourth-order valence-electron chi connectivity index (χ4n) is 2.40. The lowest BCUT2D eigenvalue weighted by Crippen LogP contribution is -2.50. The van der Waals surface area contributed by atoms with Crippen LogP contribution in [0.5, 0.6) is 5.75 Å². The Morgan fingerprint density at radius 1 is 1.30 bits per heavy atom. The van der Waals surface area contributed by atoms with Gasteiger partial charge in [0.2, 0.25) is 0 Å². The zero-order valence-corrected chi connectivity index (χ0v) is 11.9. The Morgan fingerprint density at radius 2 is 1.95 bits per heavy atom. The van der Waals surface area contributed by atoms with Gasteiger partial charge in [0, 0.05) is 5.02 Å². The fourth-order valence-corrected chi connectivity index (χ4v) is 2.53. The van der Waals surface area contributed by atoms with Crippen LogP contribution in [-0.2, 0) is 4.79 Å². The van der Waals surface area contributed by atoms with E-state index in [0.29, 0.717) is 10.8 Å². The average molecular weight is 293 g/mol. The van der Waals surface area contributed by atoms with E-state index in [-0.39, 0.29) is 12.5 Å². The standard InChI is InChI=1S/C15H17ClN2O2/c16-12-4-6-13(7-5-12)20-10-14(19)18-15(11-17)8-2-1-3-9-15/h4-7H,1-3,8-10H2,(H,18,19). The molecular formula is C15H17ClN2O2. The Kier molecular flexibility index (Phi) is 4.86. The van der Waals surface area contributed by atoms with Crippen LogP contribution in [-0.4, -0.2) is 18.1 Å². The van der Waals surface area contributed by atoms with Gasteiger partial charge in [0.15, 0.2) is 6.61 Å². The number of hydrogen-bond donors (Lipinski definition) is 1. The molecular weight excluding hydrogens is 276 g/mol. The van der Waals surface area contributed by atoms with Crippen LogP contribution in [0.2, 0.25) is 5.02 Å². The number of rotatable bonds is 4. The van der Waals surface area contributed by atoms with Crippen molar-refractivity contribution in [1.82, 2.24) is 5.32 Å². The maximum Gasteiger partial charge on any atom is 0.259 e. The van der Waals surface area contributed by atoms with E-state index < -0.39 is 5.54 Å². The Hall–Kier alpha value is -1.73. The maximum atomic E-state index is 11.9. The van der Waals surface area contributed by atoms with Crippen LogP contribution in [0.1, 0.15) is 32.1 Å². The van der Waals surface area contributed by atoms with Gasteiger partial charge in [-0.1, -0.05) is 30.9 Å². The minimum Gasteiger partial charge on any atom is -0.484 e. The molecule has 0 spiro atoms. The molecule has 0 atom stereocenters. The van der Waals surface area contributed by atoms with Crippen LogP contribution in [0.4, 0.5) is 0 Å². The van der Waals surface area contributed by atoms with Crippen molar-refractivity contribution in [3.05, 3.63) is 29.3 Å². The van der Waals surface area contributed by atoms with Gasteiger partial charge >= 0.3 is 0 Å². The summed E-state index contributed by atoms with van der Waals surface area (Å²) >= 11 is 5.77. The summed E-state index contributed by atoms with van der Waals surface area (Å²) in [6.45, 7) is -0.0922. The summed E-state index contributed by atoms with van der Waals surface area (Å²) in [4.78, 5) is 11.9. The molecule has 106 valence electrons. The van der Waals surface area contributed by atoms with E-state index in [1.165, 1.54) is 0 Å². The first kappa shape index (κ1) is 14.7. The van der Waals surface area contributed by atoms with E-state index in [2.05, 4.69) is 11.4 Å². The largest absolute Gasteiger partial charge is 0.484 e. The molecule has 1 fully saturated rings. The number of hydrogen-bond acceptors (Lipinski definition) is 3. The van der Waals surface area contributed by atoms with Crippen LogP contribution in [0, 0.1) is 11.3 Å². The number of nitrogens with one attached hydrogen (secondary N) is 1. The first-order valence-corrected chi connectivity index (χ1v) is 7.12. The van der Waals surface area contributed by atoms with Gasteiger partial charge in [-0.25, -0.2) is 0 Å². The van der Waals surface area contributed by atoms with Crippen molar-refractivity contribution in [3.8, 4) is 11.8 Å². The molecule has 4 nitrogen and oxygen atoms in total. The maximum absolute atomic E-state index is 11.9. The van der Waals surface area contributed by atoms with Crippen molar-refractivity contribution in [2.24, 2.45) is 0 Å². The summed E-state index contributed by atoms with van der Waals surface area (Å²) in [5.41, 5.74) is -0.710. The monoisotopic (exact) mass is 292 g/mol. The van der Waals surface area contributed by atoms with E-state index in [0.717, 1.165) is 32.1 Å². The molecule has 0 aromatic heterocycles. The summed E-state index contributed by atoms with van der Waals surface area (Å²) in [5.74, 6) is 0.322. The van der Waals surface area contributed by atoms with Crippen molar-refractivity contribution >= 4 is 17.5 Å². The van der Waals surface area contributed by atoms with E-state index in [4.69, 9.17) is 16.3 Å². The van der Waals surface area contributed by atoms with E-state index in [9.17, 15) is 10.1 Å². The molecule has 0 heterocycles. The highest BCUT2D eigenvalue weighted by Crippen LogP contribution is 2.27. The third-order valence-corrected chi connectivity index (χ3v) is 3.74. The number of benzene rings is 1. The number of nitriles is 1. The lowest BCUT2D eigenvalue weighted by molar-refractivity contribution is -0.124. The predicted molar refractivity (Wildman–Crippen MR) is 76.5 cm³/mol. The minimum atomic E-state index is -0.710. The van der Waals surface area contributed by atoms with Gasteiger partial charge in [0.05, 0.1) is 6.07 Å². The Morgan fingerprint density at radius 3 is 2.55 bits per heavy atom. The highest BCUT2D eigenvalue weighted by Gasteiger charge is 2.33. The molecule has 20 heavy (non-hydrogen) atoms. The summed E-state index contributed by atoms with van der Waals surface area (Å²) in [6.07, 6.45) is 4.52. The Balaban J connectivity index is 1.85.